The van der Waals surface area contributed by atoms with E-state index in [0.29, 0.717) is 24.3 Å². The van der Waals surface area contributed by atoms with Crippen LogP contribution in [0, 0.1) is 0 Å². The summed E-state index contributed by atoms with van der Waals surface area (Å²) < 4.78 is 5.06. The summed E-state index contributed by atoms with van der Waals surface area (Å²) in [7, 11) is 0. The van der Waals surface area contributed by atoms with E-state index in [1.54, 1.807) is 30.5 Å². The van der Waals surface area contributed by atoms with Crippen LogP contribution in [0.5, 0.6) is 5.75 Å². The number of aromatic hydroxyl groups is 1. The van der Waals surface area contributed by atoms with Crippen molar-refractivity contribution in [2.24, 2.45) is 0 Å². The molecule has 1 N–H and O–H groups in total. The van der Waals surface area contributed by atoms with Crippen molar-refractivity contribution in [1.29, 1.82) is 0 Å². The topological polar surface area (TPSA) is 59.4 Å². The number of esters is 1. The number of hydrogen-bond donors (Lipinski definition) is 1. The van der Waals surface area contributed by atoms with Crippen LogP contribution in [-0.2, 0) is 11.2 Å². The number of pyridine rings is 1. The van der Waals surface area contributed by atoms with Crippen molar-refractivity contribution in [3.05, 3.63) is 47.7 Å². The van der Waals surface area contributed by atoms with Gasteiger partial charge in [-0.05, 0) is 35.9 Å². The molecule has 3 rings (SSSR count). The van der Waals surface area contributed by atoms with Gasteiger partial charge in [0.05, 0.1) is 17.9 Å². The van der Waals surface area contributed by atoms with Gasteiger partial charge in [0.25, 0.3) is 0 Å². The van der Waals surface area contributed by atoms with Crippen molar-refractivity contribution in [2.75, 3.05) is 6.61 Å². The number of carbonyl (C=O) groups is 1. The summed E-state index contributed by atoms with van der Waals surface area (Å²) in [6.07, 6.45) is 2.41. The predicted octanol–water partition coefficient (Wildman–Crippen LogP) is 2.17. The zero-order valence-corrected chi connectivity index (χ0v) is 9.59. The van der Waals surface area contributed by atoms with Gasteiger partial charge in [-0.25, -0.2) is 4.79 Å². The van der Waals surface area contributed by atoms with Crippen molar-refractivity contribution < 1.29 is 14.6 Å². The summed E-state index contributed by atoms with van der Waals surface area (Å²) in [6, 6.07) is 8.47. The van der Waals surface area contributed by atoms with Crippen molar-refractivity contribution in [3.8, 4) is 17.0 Å². The summed E-state index contributed by atoms with van der Waals surface area (Å²) in [4.78, 5) is 16.1. The van der Waals surface area contributed by atoms with Gasteiger partial charge in [0, 0.05) is 18.2 Å². The first-order chi connectivity index (χ1) is 8.75. The quantitative estimate of drug-likeness (QED) is 0.777. The van der Waals surface area contributed by atoms with Gasteiger partial charge in [0.15, 0.2) is 0 Å². The van der Waals surface area contributed by atoms with Gasteiger partial charge in [-0.2, -0.15) is 0 Å². The van der Waals surface area contributed by atoms with Crippen LogP contribution >= 0.6 is 0 Å². The number of hydrogen-bond acceptors (Lipinski definition) is 4. The SMILES string of the molecule is O=C1OCCc2ccnc(-c3ccc(O)cc3)c21. The second kappa shape index (κ2) is 4.14. The minimum Gasteiger partial charge on any atom is -0.508 e. The van der Waals surface area contributed by atoms with E-state index in [2.05, 4.69) is 4.98 Å². The summed E-state index contributed by atoms with van der Waals surface area (Å²) >= 11 is 0. The van der Waals surface area contributed by atoms with Gasteiger partial charge in [0.2, 0.25) is 0 Å². The molecule has 2 heterocycles. The van der Waals surface area contributed by atoms with Crippen molar-refractivity contribution in [1.82, 2.24) is 4.98 Å². The molecular weight excluding hydrogens is 230 g/mol. The molecule has 18 heavy (non-hydrogen) atoms. The Hall–Kier alpha value is -2.36. The molecule has 0 bridgehead atoms. The van der Waals surface area contributed by atoms with Crippen LogP contribution in [-0.4, -0.2) is 22.7 Å². The van der Waals surface area contributed by atoms with Crippen molar-refractivity contribution in [3.63, 3.8) is 0 Å². The van der Waals surface area contributed by atoms with Gasteiger partial charge < -0.3 is 9.84 Å². The lowest BCUT2D eigenvalue weighted by molar-refractivity contribution is 0.0481. The highest BCUT2D eigenvalue weighted by molar-refractivity contribution is 5.98. The minimum atomic E-state index is -0.326. The Morgan fingerprint density at radius 2 is 1.94 bits per heavy atom. The van der Waals surface area contributed by atoms with E-state index >= 15 is 0 Å². The first kappa shape index (κ1) is 10.8. The summed E-state index contributed by atoms with van der Waals surface area (Å²) in [5.41, 5.74) is 2.90. The molecule has 1 aliphatic heterocycles. The molecule has 0 spiro atoms. The molecule has 90 valence electrons. The maximum absolute atomic E-state index is 11.8. The maximum Gasteiger partial charge on any atom is 0.340 e. The fourth-order valence-electron chi connectivity index (χ4n) is 2.10. The van der Waals surface area contributed by atoms with Crippen molar-refractivity contribution >= 4 is 5.97 Å². The molecule has 0 unspecified atom stereocenters. The highest BCUT2D eigenvalue weighted by atomic mass is 16.5. The lowest BCUT2D eigenvalue weighted by Gasteiger charge is -2.17. The third kappa shape index (κ3) is 1.72. The summed E-state index contributed by atoms with van der Waals surface area (Å²) in [5, 5.41) is 9.28. The zero-order chi connectivity index (χ0) is 12.5. The van der Waals surface area contributed by atoms with E-state index in [0.717, 1.165) is 11.1 Å². The maximum atomic E-state index is 11.8. The molecule has 0 radical (unpaired) electrons. The van der Waals surface area contributed by atoms with Crippen LogP contribution in [0.25, 0.3) is 11.3 Å². The van der Waals surface area contributed by atoms with Gasteiger partial charge >= 0.3 is 5.97 Å². The normalized spacial score (nSPS) is 13.9. The van der Waals surface area contributed by atoms with E-state index in [1.165, 1.54) is 0 Å². The van der Waals surface area contributed by atoms with Crippen molar-refractivity contribution in [2.45, 2.75) is 6.42 Å². The molecule has 0 fully saturated rings. The lowest BCUT2D eigenvalue weighted by Crippen LogP contribution is -2.19. The Morgan fingerprint density at radius 1 is 1.17 bits per heavy atom. The Kier molecular flexibility index (Phi) is 2.48. The van der Waals surface area contributed by atoms with Gasteiger partial charge in [-0.15, -0.1) is 0 Å². The fraction of sp³-hybridized carbons (Fsp3) is 0.143. The molecule has 1 aromatic carbocycles. The summed E-state index contributed by atoms with van der Waals surface area (Å²) in [6.45, 7) is 0.421. The van der Waals surface area contributed by atoms with E-state index in [9.17, 15) is 9.90 Å². The number of cyclic esters (lactones) is 1. The molecule has 1 aromatic heterocycles. The second-order valence-corrected chi connectivity index (χ2v) is 4.13. The number of benzene rings is 1. The monoisotopic (exact) mass is 241 g/mol. The molecule has 4 nitrogen and oxygen atoms in total. The van der Waals surface area contributed by atoms with E-state index in [4.69, 9.17) is 4.74 Å². The zero-order valence-electron chi connectivity index (χ0n) is 9.59. The molecular formula is C14H11NO3. The van der Waals surface area contributed by atoms with E-state index in [-0.39, 0.29) is 11.7 Å². The number of rotatable bonds is 1. The van der Waals surface area contributed by atoms with E-state index in [1.807, 2.05) is 6.07 Å². The van der Waals surface area contributed by atoms with Gasteiger partial charge in [-0.1, -0.05) is 0 Å². The standard InChI is InChI=1S/C14H11NO3/c16-11-3-1-10(2-4-11)13-12-9(5-7-15-13)6-8-18-14(12)17/h1-5,7,16H,6,8H2. The average Bonchev–Trinajstić information content (AvgIpc) is 2.39. The van der Waals surface area contributed by atoms with Crippen LogP contribution in [0.4, 0.5) is 0 Å². The Morgan fingerprint density at radius 3 is 2.72 bits per heavy atom. The number of phenols is 1. The largest absolute Gasteiger partial charge is 0.508 e. The Labute approximate surface area is 104 Å². The van der Waals surface area contributed by atoms with E-state index < -0.39 is 0 Å². The predicted molar refractivity (Wildman–Crippen MR) is 65.3 cm³/mol. The van der Waals surface area contributed by atoms with Crippen LogP contribution in [0.3, 0.4) is 0 Å². The number of fused-ring (bicyclic) bond motifs is 1. The van der Waals surface area contributed by atoms with Crippen LogP contribution in [0.1, 0.15) is 15.9 Å². The molecule has 2 aromatic rings. The molecule has 4 heteroatoms. The number of phenolic OH excluding ortho intramolecular Hbond substituents is 1. The third-order valence-corrected chi connectivity index (χ3v) is 2.99. The number of ether oxygens (including phenoxy) is 1. The summed E-state index contributed by atoms with van der Waals surface area (Å²) in [5.74, 6) is -0.140. The van der Waals surface area contributed by atoms with Crippen LogP contribution in [0.2, 0.25) is 0 Å². The highest BCUT2D eigenvalue weighted by Crippen LogP contribution is 2.28. The van der Waals surface area contributed by atoms with Crippen LogP contribution in [0.15, 0.2) is 36.5 Å². The molecule has 1 aliphatic rings. The first-order valence-electron chi connectivity index (χ1n) is 5.70. The van der Waals surface area contributed by atoms with Gasteiger partial charge in [-0.3, -0.25) is 4.98 Å². The Bertz CT molecular complexity index is 605. The fourth-order valence-corrected chi connectivity index (χ4v) is 2.10. The highest BCUT2D eigenvalue weighted by Gasteiger charge is 2.23. The molecule has 0 saturated carbocycles. The molecule has 0 atom stereocenters. The molecule has 0 saturated heterocycles. The average molecular weight is 241 g/mol. The lowest BCUT2D eigenvalue weighted by atomic mass is 9.98. The molecule has 0 amide bonds. The van der Waals surface area contributed by atoms with Crippen LogP contribution < -0.4 is 0 Å². The second-order valence-electron chi connectivity index (χ2n) is 4.13. The third-order valence-electron chi connectivity index (χ3n) is 2.99. The first-order valence-corrected chi connectivity index (χ1v) is 5.70. The number of nitrogens with zero attached hydrogens (tertiary/aromatic N) is 1. The molecule has 0 aliphatic carbocycles. The number of aromatic nitrogens is 1. The van der Waals surface area contributed by atoms with Gasteiger partial charge in [0.1, 0.15) is 5.75 Å². The smallest absolute Gasteiger partial charge is 0.340 e. The minimum absolute atomic E-state index is 0.186. The Balaban J connectivity index is 2.18. The number of carbonyl (C=O) groups excluding carboxylic acids is 1.